The van der Waals surface area contributed by atoms with Crippen LogP contribution in [0, 0.1) is 11.6 Å². The lowest BCUT2D eigenvalue weighted by atomic mass is 9.98. The van der Waals surface area contributed by atoms with Gasteiger partial charge in [0.1, 0.15) is 11.6 Å². The van der Waals surface area contributed by atoms with Crippen molar-refractivity contribution in [2.75, 3.05) is 13.1 Å². The van der Waals surface area contributed by atoms with Gasteiger partial charge in [-0.05, 0) is 23.6 Å². The maximum Gasteiger partial charge on any atom is 0.256 e. The van der Waals surface area contributed by atoms with E-state index in [4.69, 9.17) is 4.52 Å². The Morgan fingerprint density at radius 1 is 1.29 bits per heavy atom. The van der Waals surface area contributed by atoms with E-state index in [1.807, 2.05) is 16.8 Å². The van der Waals surface area contributed by atoms with Gasteiger partial charge >= 0.3 is 0 Å². The van der Waals surface area contributed by atoms with Crippen LogP contribution >= 0.6 is 11.3 Å². The maximum absolute atomic E-state index is 13.7. The lowest BCUT2D eigenvalue weighted by Gasteiger charge is -2.37. The Morgan fingerprint density at radius 2 is 2.12 bits per heavy atom. The van der Waals surface area contributed by atoms with Gasteiger partial charge in [0.25, 0.3) is 5.91 Å². The topological polar surface area (TPSA) is 59.2 Å². The summed E-state index contributed by atoms with van der Waals surface area (Å²) in [6.07, 6.45) is 0. The summed E-state index contributed by atoms with van der Waals surface area (Å²) in [5.41, 5.74) is 0.745. The summed E-state index contributed by atoms with van der Waals surface area (Å²) in [5.74, 6) is -1.14. The molecule has 0 saturated carbocycles. The monoisotopic (exact) mass is 347 g/mol. The molecule has 4 rings (SSSR count). The molecular formula is C16H11F2N3O2S. The van der Waals surface area contributed by atoms with Crippen molar-refractivity contribution in [2.24, 2.45) is 0 Å². The predicted octanol–water partition coefficient (Wildman–Crippen LogP) is 3.32. The van der Waals surface area contributed by atoms with E-state index in [0.29, 0.717) is 30.9 Å². The summed E-state index contributed by atoms with van der Waals surface area (Å²) in [6.45, 7) is 0.724. The average Bonchev–Trinajstić information content (AvgIpc) is 3.16. The number of hydrogen-bond donors (Lipinski definition) is 0. The van der Waals surface area contributed by atoms with Crippen LogP contribution in [0.2, 0.25) is 0 Å². The van der Waals surface area contributed by atoms with Crippen LogP contribution in [0.25, 0.3) is 11.4 Å². The number of amides is 1. The van der Waals surface area contributed by atoms with Gasteiger partial charge in [0.15, 0.2) is 0 Å². The van der Waals surface area contributed by atoms with Gasteiger partial charge in [-0.3, -0.25) is 4.79 Å². The van der Waals surface area contributed by atoms with Crippen molar-refractivity contribution in [1.29, 1.82) is 0 Å². The number of nitrogens with zero attached hydrogens (tertiary/aromatic N) is 3. The molecular weight excluding hydrogens is 336 g/mol. The lowest BCUT2D eigenvalue weighted by Crippen LogP contribution is -2.48. The first kappa shape index (κ1) is 14.9. The normalized spacial score (nSPS) is 14.7. The molecule has 8 heteroatoms. The van der Waals surface area contributed by atoms with Crippen LogP contribution in [-0.4, -0.2) is 34.0 Å². The number of carbonyl (C=O) groups is 1. The molecule has 1 aromatic carbocycles. The number of benzene rings is 1. The Labute approximate surface area is 139 Å². The van der Waals surface area contributed by atoms with Crippen LogP contribution in [0.1, 0.15) is 22.2 Å². The summed E-state index contributed by atoms with van der Waals surface area (Å²) in [5, 5.41) is 7.77. The standard InChI is InChI=1S/C16H11F2N3O2S/c17-11-1-2-12(13(18)5-11)16(22)21-6-10(7-21)15-19-14(20-23-15)9-3-4-24-8-9/h1-5,8,10H,6-7H2. The van der Waals surface area contributed by atoms with Crippen molar-refractivity contribution in [3.8, 4) is 11.4 Å². The van der Waals surface area contributed by atoms with Gasteiger partial charge in [0, 0.05) is 30.1 Å². The van der Waals surface area contributed by atoms with Crippen LogP contribution in [0.5, 0.6) is 0 Å². The molecule has 0 spiro atoms. The number of likely N-dealkylation sites (tertiary alicyclic amines) is 1. The summed E-state index contributed by atoms with van der Waals surface area (Å²) in [4.78, 5) is 18.0. The summed E-state index contributed by atoms with van der Waals surface area (Å²) in [7, 11) is 0. The van der Waals surface area contributed by atoms with E-state index in [0.717, 1.165) is 17.7 Å². The van der Waals surface area contributed by atoms with Crippen LogP contribution in [0.4, 0.5) is 8.78 Å². The summed E-state index contributed by atoms with van der Waals surface area (Å²) in [6, 6.07) is 4.82. The molecule has 0 N–H and O–H groups in total. The number of rotatable bonds is 3. The van der Waals surface area contributed by atoms with Gasteiger partial charge in [-0.15, -0.1) is 0 Å². The number of carbonyl (C=O) groups excluding carboxylic acids is 1. The molecule has 3 heterocycles. The number of aromatic nitrogens is 2. The van der Waals surface area contributed by atoms with E-state index in [-0.39, 0.29) is 11.5 Å². The molecule has 1 aliphatic heterocycles. The van der Waals surface area contributed by atoms with Crippen LogP contribution in [0.15, 0.2) is 39.5 Å². The fourth-order valence-corrected chi connectivity index (χ4v) is 3.18. The van der Waals surface area contributed by atoms with E-state index in [1.165, 1.54) is 16.2 Å². The highest BCUT2D eigenvalue weighted by Gasteiger charge is 2.36. The highest BCUT2D eigenvalue weighted by Crippen LogP contribution is 2.29. The first-order valence-electron chi connectivity index (χ1n) is 7.22. The minimum Gasteiger partial charge on any atom is -0.339 e. The summed E-state index contributed by atoms with van der Waals surface area (Å²) < 4.78 is 31.8. The molecule has 1 aliphatic rings. The molecule has 0 atom stereocenters. The van der Waals surface area contributed by atoms with Gasteiger partial charge in [-0.2, -0.15) is 16.3 Å². The van der Waals surface area contributed by atoms with E-state index in [2.05, 4.69) is 10.1 Å². The molecule has 1 amide bonds. The Bertz CT molecular complexity index is 889. The Hall–Kier alpha value is -2.61. The molecule has 0 bridgehead atoms. The van der Waals surface area contributed by atoms with Gasteiger partial charge in [0.05, 0.1) is 11.5 Å². The Kier molecular flexibility index (Phi) is 3.61. The predicted molar refractivity (Wildman–Crippen MR) is 82.6 cm³/mol. The third-order valence-corrected chi connectivity index (χ3v) is 4.58. The molecule has 3 aromatic rings. The highest BCUT2D eigenvalue weighted by molar-refractivity contribution is 7.08. The molecule has 24 heavy (non-hydrogen) atoms. The molecule has 0 unspecified atom stereocenters. The summed E-state index contributed by atoms with van der Waals surface area (Å²) >= 11 is 1.54. The van der Waals surface area contributed by atoms with Crippen LogP contribution in [-0.2, 0) is 0 Å². The minimum absolute atomic E-state index is 0.0719. The van der Waals surface area contributed by atoms with Gasteiger partial charge in [-0.1, -0.05) is 5.16 Å². The molecule has 122 valence electrons. The number of hydrogen-bond acceptors (Lipinski definition) is 5. The van der Waals surface area contributed by atoms with E-state index in [9.17, 15) is 13.6 Å². The third kappa shape index (κ3) is 2.58. The van der Waals surface area contributed by atoms with E-state index < -0.39 is 17.5 Å². The molecule has 5 nitrogen and oxygen atoms in total. The molecule has 1 fully saturated rings. The Morgan fingerprint density at radius 3 is 2.83 bits per heavy atom. The fraction of sp³-hybridized carbons (Fsp3) is 0.188. The quantitative estimate of drug-likeness (QED) is 0.729. The minimum atomic E-state index is -0.860. The first-order valence-corrected chi connectivity index (χ1v) is 8.16. The van der Waals surface area contributed by atoms with Gasteiger partial charge < -0.3 is 9.42 Å². The maximum atomic E-state index is 13.7. The van der Waals surface area contributed by atoms with E-state index >= 15 is 0 Å². The molecule has 0 aliphatic carbocycles. The number of halogens is 2. The highest BCUT2D eigenvalue weighted by atomic mass is 32.1. The third-order valence-electron chi connectivity index (χ3n) is 3.90. The zero-order valence-electron chi connectivity index (χ0n) is 12.3. The number of thiophene rings is 1. The zero-order chi connectivity index (χ0) is 16.7. The zero-order valence-corrected chi connectivity index (χ0v) is 13.1. The van der Waals surface area contributed by atoms with Crippen LogP contribution in [0.3, 0.4) is 0 Å². The second-order valence-electron chi connectivity index (χ2n) is 5.50. The van der Waals surface area contributed by atoms with Crippen molar-refractivity contribution < 1.29 is 18.1 Å². The van der Waals surface area contributed by atoms with Gasteiger partial charge in [-0.25, -0.2) is 8.78 Å². The van der Waals surface area contributed by atoms with Crippen molar-refractivity contribution >= 4 is 17.2 Å². The largest absolute Gasteiger partial charge is 0.339 e. The van der Waals surface area contributed by atoms with Crippen molar-refractivity contribution in [3.05, 3.63) is 58.1 Å². The average molecular weight is 347 g/mol. The fourth-order valence-electron chi connectivity index (χ4n) is 2.54. The van der Waals surface area contributed by atoms with Crippen LogP contribution < -0.4 is 0 Å². The second-order valence-corrected chi connectivity index (χ2v) is 6.28. The molecule has 0 radical (unpaired) electrons. The lowest BCUT2D eigenvalue weighted by molar-refractivity contribution is 0.0564. The molecule has 1 saturated heterocycles. The SMILES string of the molecule is O=C(c1ccc(F)cc1F)N1CC(c2nc(-c3ccsc3)no2)C1. The van der Waals surface area contributed by atoms with Crippen molar-refractivity contribution in [2.45, 2.75) is 5.92 Å². The van der Waals surface area contributed by atoms with Crippen molar-refractivity contribution in [3.63, 3.8) is 0 Å². The van der Waals surface area contributed by atoms with Gasteiger partial charge in [0.2, 0.25) is 11.7 Å². The first-order chi connectivity index (χ1) is 11.6. The smallest absolute Gasteiger partial charge is 0.256 e. The van der Waals surface area contributed by atoms with E-state index in [1.54, 1.807) is 0 Å². The second kappa shape index (κ2) is 5.79. The Balaban J connectivity index is 1.44. The van der Waals surface area contributed by atoms with Crippen molar-refractivity contribution in [1.82, 2.24) is 15.0 Å². The molecule has 2 aromatic heterocycles.